The van der Waals surface area contributed by atoms with Crippen LogP contribution in [-0.2, 0) is 6.54 Å². The topological polar surface area (TPSA) is 85.8 Å². The van der Waals surface area contributed by atoms with Gasteiger partial charge < -0.3 is 11.1 Å². The number of rotatable bonds is 4. The minimum atomic E-state index is -0.458. The van der Waals surface area contributed by atoms with E-state index in [0.29, 0.717) is 11.3 Å². The second-order valence-electron chi connectivity index (χ2n) is 5.07. The largest absolute Gasteiger partial charge is 0.382 e. The number of benzene rings is 2. The number of hydrogen-bond acceptors (Lipinski definition) is 4. The highest BCUT2D eigenvalue weighted by Gasteiger charge is 2.17. The van der Waals surface area contributed by atoms with Crippen LogP contribution in [0.3, 0.4) is 0 Å². The van der Waals surface area contributed by atoms with Crippen LogP contribution in [0.5, 0.6) is 0 Å². The molecule has 0 fully saturated rings. The molecule has 0 atom stereocenters. The van der Waals surface area contributed by atoms with Gasteiger partial charge in [-0.15, -0.1) is 5.10 Å². The summed E-state index contributed by atoms with van der Waals surface area (Å²) >= 11 is 3.32. The summed E-state index contributed by atoms with van der Waals surface area (Å²) in [5.41, 5.74) is 7.25. The van der Waals surface area contributed by atoms with Gasteiger partial charge in [-0.1, -0.05) is 33.3 Å². The molecule has 122 valence electrons. The van der Waals surface area contributed by atoms with Crippen molar-refractivity contribution >= 4 is 33.3 Å². The first-order valence-electron chi connectivity index (χ1n) is 7.03. The van der Waals surface area contributed by atoms with Crippen LogP contribution in [0.25, 0.3) is 0 Å². The number of aromatic nitrogens is 3. The zero-order valence-electron chi connectivity index (χ0n) is 12.4. The quantitative estimate of drug-likeness (QED) is 0.717. The van der Waals surface area contributed by atoms with E-state index in [1.54, 1.807) is 36.4 Å². The van der Waals surface area contributed by atoms with Crippen molar-refractivity contribution in [3.05, 3.63) is 70.1 Å². The van der Waals surface area contributed by atoms with Crippen molar-refractivity contribution < 1.29 is 9.18 Å². The van der Waals surface area contributed by atoms with Crippen molar-refractivity contribution in [3.63, 3.8) is 0 Å². The van der Waals surface area contributed by atoms with E-state index < -0.39 is 5.91 Å². The number of amides is 1. The van der Waals surface area contributed by atoms with E-state index in [4.69, 9.17) is 5.73 Å². The molecule has 0 unspecified atom stereocenters. The zero-order valence-corrected chi connectivity index (χ0v) is 14.0. The molecule has 1 aromatic heterocycles. The predicted octanol–water partition coefficient (Wildman–Crippen LogP) is 3.06. The number of nitrogens with one attached hydrogen (secondary N) is 1. The average molecular weight is 390 g/mol. The third kappa shape index (κ3) is 3.60. The van der Waals surface area contributed by atoms with Crippen LogP contribution in [0.2, 0.25) is 0 Å². The van der Waals surface area contributed by atoms with E-state index in [0.717, 1.165) is 4.47 Å². The lowest BCUT2D eigenvalue weighted by molar-refractivity contribution is 0.102. The van der Waals surface area contributed by atoms with Crippen molar-refractivity contribution in [3.8, 4) is 0 Å². The zero-order chi connectivity index (χ0) is 17.1. The lowest BCUT2D eigenvalue weighted by Crippen LogP contribution is -2.15. The Morgan fingerprint density at radius 1 is 1.25 bits per heavy atom. The molecule has 6 nitrogen and oxygen atoms in total. The highest BCUT2D eigenvalue weighted by Crippen LogP contribution is 2.17. The van der Waals surface area contributed by atoms with Gasteiger partial charge in [0.25, 0.3) is 5.91 Å². The average Bonchev–Trinajstić information content (AvgIpc) is 2.91. The molecule has 0 bridgehead atoms. The smallest absolute Gasteiger partial charge is 0.280 e. The maximum absolute atomic E-state index is 13.2. The van der Waals surface area contributed by atoms with Gasteiger partial charge in [-0.2, -0.15) is 0 Å². The van der Waals surface area contributed by atoms with Crippen molar-refractivity contribution in [2.45, 2.75) is 6.54 Å². The van der Waals surface area contributed by atoms with Crippen LogP contribution in [0.4, 0.5) is 15.9 Å². The first-order valence-corrected chi connectivity index (χ1v) is 7.82. The number of halogens is 2. The van der Waals surface area contributed by atoms with Crippen LogP contribution in [0, 0.1) is 5.82 Å². The number of carbonyl (C=O) groups is 1. The summed E-state index contributed by atoms with van der Waals surface area (Å²) < 4.78 is 15.5. The molecule has 0 radical (unpaired) electrons. The van der Waals surface area contributed by atoms with Gasteiger partial charge in [-0.3, -0.25) is 4.79 Å². The molecular formula is C16H13BrFN5O. The lowest BCUT2D eigenvalue weighted by atomic mass is 10.2. The van der Waals surface area contributed by atoms with E-state index >= 15 is 0 Å². The summed E-state index contributed by atoms with van der Waals surface area (Å²) in [7, 11) is 0. The van der Waals surface area contributed by atoms with Crippen molar-refractivity contribution in [1.29, 1.82) is 0 Å². The molecule has 2 aromatic carbocycles. The van der Waals surface area contributed by atoms with E-state index in [1.165, 1.54) is 16.8 Å². The monoisotopic (exact) mass is 389 g/mol. The first kappa shape index (κ1) is 16.1. The number of nitrogens with two attached hydrogens (primary N) is 1. The van der Waals surface area contributed by atoms with Crippen LogP contribution >= 0.6 is 15.9 Å². The highest BCUT2D eigenvalue weighted by atomic mass is 79.9. The molecule has 0 aliphatic carbocycles. The fourth-order valence-corrected chi connectivity index (χ4v) is 2.39. The third-order valence-corrected chi connectivity index (χ3v) is 3.84. The molecule has 1 heterocycles. The standard InChI is InChI=1S/C16H13BrFN5O/c17-11-4-6-13(7-5-11)20-16(24)14-15(19)23(22-21-14)9-10-2-1-3-12(18)8-10/h1-8H,9,19H2,(H,20,24). The van der Waals surface area contributed by atoms with Crippen molar-refractivity contribution in [1.82, 2.24) is 15.0 Å². The number of nitrogen functional groups attached to an aromatic ring is 1. The fourth-order valence-electron chi connectivity index (χ4n) is 2.13. The Balaban J connectivity index is 1.76. The summed E-state index contributed by atoms with van der Waals surface area (Å²) in [6.45, 7) is 0.224. The Bertz CT molecular complexity index is 878. The SMILES string of the molecule is Nc1c(C(=O)Nc2ccc(Br)cc2)nnn1Cc1cccc(F)c1. The molecule has 0 aliphatic heterocycles. The Morgan fingerprint density at radius 2 is 2.00 bits per heavy atom. The second kappa shape index (κ2) is 6.79. The summed E-state index contributed by atoms with van der Waals surface area (Å²) in [6.07, 6.45) is 0. The molecule has 0 saturated carbocycles. The van der Waals surface area contributed by atoms with Crippen LogP contribution in [0.15, 0.2) is 53.0 Å². The minimum absolute atomic E-state index is 0.0225. The number of carbonyl (C=O) groups excluding carboxylic acids is 1. The first-order chi connectivity index (χ1) is 11.5. The molecule has 0 saturated heterocycles. The third-order valence-electron chi connectivity index (χ3n) is 3.31. The van der Waals surface area contributed by atoms with E-state index in [1.807, 2.05) is 0 Å². The predicted molar refractivity (Wildman–Crippen MR) is 92.0 cm³/mol. The van der Waals surface area contributed by atoms with Gasteiger partial charge in [-0.25, -0.2) is 9.07 Å². The molecule has 8 heteroatoms. The van der Waals surface area contributed by atoms with Crippen LogP contribution < -0.4 is 11.1 Å². The Labute approximate surface area is 145 Å². The van der Waals surface area contributed by atoms with E-state index in [-0.39, 0.29) is 23.9 Å². The summed E-state index contributed by atoms with van der Waals surface area (Å²) in [5.74, 6) is -0.687. The molecule has 3 aromatic rings. The summed E-state index contributed by atoms with van der Waals surface area (Å²) in [5, 5.41) is 10.4. The Hall–Kier alpha value is -2.74. The van der Waals surface area contributed by atoms with Crippen LogP contribution in [-0.4, -0.2) is 20.9 Å². The Kier molecular flexibility index (Phi) is 4.57. The van der Waals surface area contributed by atoms with Crippen molar-refractivity contribution in [2.24, 2.45) is 0 Å². The maximum Gasteiger partial charge on any atom is 0.280 e. The van der Waals surface area contributed by atoms with Gasteiger partial charge in [-0.05, 0) is 42.0 Å². The molecule has 3 rings (SSSR count). The summed E-state index contributed by atoms with van der Waals surface area (Å²) in [6, 6.07) is 13.2. The normalized spacial score (nSPS) is 10.6. The second-order valence-corrected chi connectivity index (χ2v) is 5.99. The van der Waals surface area contributed by atoms with Gasteiger partial charge >= 0.3 is 0 Å². The van der Waals surface area contributed by atoms with Crippen LogP contribution in [0.1, 0.15) is 16.1 Å². The maximum atomic E-state index is 13.2. The number of nitrogens with zero attached hydrogens (tertiary/aromatic N) is 3. The minimum Gasteiger partial charge on any atom is -0.382 e. The molecule has 24 heavy (non-hydrogen) atoms. The molecule has 0 aliphatic rings. The highest BCUT2D eigenvalue weighted by molar-refractivity contribution is 9.10. The van der Waals surface area contributed by atoms with Gasteiger partial charge in [0.05, 0.1) is 6.54 Å². The molecule has 3 N–H and O–H groups in total. The fraction of sp³-hybridized carbons (Fsp3) is 0.0625. The molecular weight excluding hydrogens is 377 g/mol. The van der Waals surface area contributed by atoms with Gasteiger partial charge in [0.1, 0.15) is 5.82 Å². The van der Waals surface area contributed by atoms with E-state index in [9.17, 15) is 9.18 Å². The van der Waals surface area contributed by atoms with Gasteiger partial charge in [0.15, 0.2) is 11.5 Å². The summed E-state index contributed by atoms with van der Waals surface area (Å²) in [4.78, 5) is 12.3. The number of anilines is 2. The Morgan fingerprint density at radius 3 is 2.71 bits per heavy atom. The van der Waals surface area contributed by atoms with Crippen molar-refractivity contribution in [2.75, 3.05) is 11.1 Å². The van der Waals surface area contributed by atoms with E-state index in [2.05, 4.69) is 31.6 Å². The number of hydrogen-bond donors (Lipinski definition) is 2. The van der Waals surface area contributed by atoms with Gasteiger partial charge in [0, 0.05) is 10.2 Å². The van der Waals surface area contributed by atoms with Gasteiger partial charge in [0.2, 0.25) is 0 Å². The molecule has 0 spiro atoms. The lowest BCUT2D eigenvalue weighted by Gasteiger charge is -2.05. The molecule has 1 amide bonds.